The minimum absolute atomic E-state index is 0.300. The monoisotopic (exact) mass is 180 g/mol. The molecule has 1 heterocycles. The summed E-state index contributed by atoms with van der Waals surface area (Å²) in [5, 5.41) is 8.06. The van der Waals surface area contributed by atoms with Crippen molar-refractivity contribution >= 4 is 10.8 Å². The number of aryl methyl sites for hydroxylation is 1. The molecule has 66 valence electrons. The summed E-state index contributed by atoms with van der Waals surface area (Å²) in [4.78, 5) is 0. The quantitative estimate of drug-likeness (QED) is 0.621. The van der Waals surface area contributed by atoms with Crippen LogP contribution in [0.4, 0.5) is 8.78 Å². The summed E-state index contributed by atoms with van der Waals surface area (Å²) in [5.74, 6) is -1.20. The van der Waals surface area contributed by atoms with Crippen LogP contribution in [-0.2, 0) is 0 Å². The second kappa shape index (κ2) is 2.73. The molecule has 0 saturated carbocycles. The van der Waals surface area contributed by atoms with Gasteiger partial charge in [0.1, 0.15) is 11.6 Å². The number of aromatic nitrogens is 2. The van der Waals surface area contributed by atoms with Crippen LogP contribution in [0.1, 0.15) is 5.69 Å². The molecule has 0 aliphatic carbocycles. The van der Waals surface area contributed by atoms with Gasteiger partial charge in [0.2, 0.25) is 0 Å². The molecule has 0 saturated heterocycles. The lowest BCUT2D eigenvalue weighted by molar-refractivity contribution is 0.591. The number of nitrogens with zero attached hydrogens (tertiary/aromatic N) is 2. The predicted molar refractivity (Wildman–Crippen MR) is 44.2 cm³/mol. The Morgan fingerprint density at radius 1 is 1.15 bits per heavy atom. The van der Waals surface area contributed by atoms with Gasteiger partial charge < -0.3 is 0 Å². The van der Waals surface area contributed by atoms with Crippen LogP contribution in [0.15, 0.2) is 18.3 Å². The standard InChI is InChI=1S/C9H6F2N2/c1-5-7-2-6(10)3-9(11)8(7)4-12-13-5/h2-4H,1H3. The van der Waals surface area contributed by atoms with Crippen LogP contribution in [0.3, 0.4) is 0 Å². The first-order valence-electron chi connectivity index (χ1n) is 3.75. The molecule has 1 aromatic carbocycles. The van der Waals surface area contributed by atoms with E-state index in [1.165, 1.54) is 12.3 Å². The molecule has 2 aromatic rings. The van der Waals surface area contributed by atoms with E-state index in [1.807, 2.05) is 0 Å². The fraction of sp³-hybridized carbons (Fsp3) is 0.111. The highest BCUT2D eigenvalue weighted by Gasteiger charge is 2.06. The molecule has 0 fully saturated rings. The van der Waals surface area contributed by atoms with Crippen molar-refractivity contribution in [3.8, 4) is 0 Å². The lowest BCUT2D eigenvalue weighted by Gasteiger charge is -2.00. The SMILES string of the molecule is Cc1nncc2c(F)cc(F)cc12. The molecule has 0 aliphatic rings. The number of rotatable bonds is 0. The summed E-state index contributed by atoms with van der Waals surface area (Å²) in [5.41, 5.74) is 0.524. The van der Waals surface area contributed by atoms with Crippen molar-refractivity contribution in [2.24, 2.45) is 0 Å². The Balaban J connectivity index is 2.94. The summed E-state index contributed by atoms with van der Waals surface area (Å²) in [7, 11) is 0. The zero-order valence-corrected chi connectivity index (χ0v) is 6.88. The first-order chi connectivity index (χ1) is 6.18. The summed E-state index contributed by atoms with van der Waals surface area (Å²) in [6.45, 7) is 1.66. The first kappa shape index (κ1) is 8.04. The Morgan fingerprint density at radius 2 is 1.92 bits per heavy atom. The van der Waals surface area contributed by atoms with E-state index in [0.717, 1.165) is 6.07 Å². The van der Waals surface area contributed by atoms with E-state index in [2.05, 4.69) is 10.2 Å². The maximum Gasteiger partial charge on any atom is 0.135 e. The Bertz CT molecular complexity index is 468. The molecular weight excluding hydrogens is 174 g/mol. The van der Waals surface area contributed by atoms with Gasteiger partial charge in [0.25, 0.3) is 0 Å². The maximum absolute atomic E-state index is 13.1. The number of fused-ring (bicyclic) bond motifs is 1. The highest BCUT2D eigenvalue weighted by Crippen LogP contribution is 2.19. The Hall–Kier alpha value is -1.58. The molecule has 0 aliphatic heterocycles. The summed E-state index contributed by atoms with van der Waals surface area (Å²) in [6.07, 6.45) is 1.29. The smallest absolute Gasteiger partial charge is 0.135 e. The minimum atomic E-state index is -0.604. The van der Waals surface area contributed by atoms with E-state index in [9.17, 15) is 8.78 Å². The lowest BCUT2D eigenvalue weighted by Crippen LogP contribution is -1.91. The zero-order valence-electron chi connectivity index (χ0n) is 6.88. The van der Waals surface area contributed by atoms with E-state index in [1.54, 1.807) is 6.92 Å². The average Bonchev–Trinajstić information content (AvgIpc) is 2.07. The van der Waals surface area contributed by atoms with Gasteiger partial charge in [-0.1, -0.05) is 0 Å². The Kier molecular flexibility index (Phi) is 1.69. The van der Waals surface area contributed by atoms with Crippen molar-refractivity contribution in [2.45, 2.75) is 6.92 Å². The van der Waals surface area contributed by atoms with Gasteiger partial charge in [0.05, 0.1) is 11.9 Å². The van der Waals surface area contributed by atoms with Crippen molar-refractivity contribution in [2.75, 3.05) is 0 Å². The van der Waals surface area contributed by atoms with E-state index in [0.29, 0.717) is 16.5 Å². The maximum atomic E-state index is 13.1. The zero-order chi connectivity index (χ0) is 9.42. The summed E-state index contributed by atoms with van der Waals surface area (Å²) < 4.78 is 25.9. The molecule has 1 aromatic heterocycles. The van der Waals surface area contributed by atoms with Crippen molar-refractivity contribution in [1.29, 1.82) is 0 Å². The van der Waals surface area contributed by atoms with Gasteiger partial charge in [0, 0.05) is 16.8 Å². The second-order valence-electron chi connectivity index (χ2n) is 2.78. The third-order valence-electron chi connectivity index (χ3n) is 1.88. The normalized spacial score (nSPS) is 10.7. The van der Waals surface area contributed by atoms with Crippen molar-refractivity contribution < 1.29 is 8.78 Å². The van der Waals surface area contributed by atoms with E-state index >= 15 is 0 Å². The summed E-state index contributed by atoms with van der Waals surface area (Å²) in [6, 6.07) is 2.09. The van der Waals surface area contributed by atoms with Gasteiger partial charge in [-0.15, -0.1) is 0 Å². The molecular formula is C9H6F2N2. The topological polar surface area (TPSA) is 25.8 Å². The van der Waals surface area contributed by atoms with Crippen LogP contribution in [0.25, 0.3) is 10.8 Å². The van der Waals surface area contributed by atoms with E-state index in [4.69, 9.17) is 0 Å². The van der Waals surface area contributed by atoms with E-state index < -0.39 is 11.6 Å². The highest BCUT2D eigenvalue weighted by molar-refractivity contribution is 5.83. The number of hydrogen-bond acceptors (Lipinski definition) is 2. The van der Waals surface area contributed by atoms with Gasteiger partial charge in [-0.2, -0.15) is 10.2 Å². The fourth-order valence-corrected chi connectivity index (χ4v) is 1.24. The fourth-order valence-electron chi connectivity index (χ4n) is 1.24. The molecule has 0 radical (unpaired) electrons. The number of halogens is 2. The molecule has 0 bridgehead atoms. The predicted octanol–water partition coefficient (Wildman–Crippen LogP) is 2.22. The molecule has 4 heteroatoms. The minimum Gasteiger partial charge on any atom is -0.207 e. The molecule has 0 unspecified atom stereocenters. The van der Waals surface area contributed by atoms with Crippen molar-refractivity contribution in [3.05, 3.63) is 35.7 Å². The van der Waals surface area contributed by atoms with Crippen LogP contribution in [0.5, 0.6) is 0 Å². The lowest BCUT2D eigenvalue weighted by atomic mass is 10.1. The van der Waals surface area contributed by atoms with Gasteiger partial charge in [0.15, 0.2) is 0 Å². The average molecular weight is 180 g/mol. The molecule has 0 atom stereocenters. The van der Waals surface area contributed by atoms with E-state index in [-0.39, 0.29) is 0 Å². The third-order valence-corrected chi connectivity index (χ3v) is 1.88. The second-order valence-corrected chi connectivity index (χ2v) is 2.78. The Morgan fingerprint density at radius 3 is 2.69 bits per heavy atom. The van der Waals surface area contributed by atoms with Crippen LogP contribution in [0, 0.1) is 18.6 Å². The van der Waals surface area contributed by atoms with Gasteiger partial charge in [-0.3, -0.25) is 0 Å². The molecule has 0 amide bonds. The van der Waals surface area contributed by atoms with Gasteiger partial charge in [-0.25, -0.2) is 8.78 Å². The Labute approximate surface area is 73.2 Å². The molecule has 13 heavy (non-hydrogen) atoms. The number of benzene rings is 1. The molecule has 0 spiro atoms. The van der Waals surface area contributed by atoms with Crippen LogP contribution in [-0.4, -0.2) is 10.2 Å². The van der Waals surface area contributed by atoms with Crippen LogP contribution in [0.2, 0.25) is 0 Å². The first-order valence-corrected chi connectivity index (χ1v) is 3.75. The highest BCUT2D eigenvalue weighted by atomic mass is 19.1. The molecule has 2 nitrogen and oxygen atoms in total. The molecule has 2 rings (SSSR count). The van der Waals surface area contributed by atoms with Gasteiger partial charge >= 0.3 is 0 Å². The summed E-state index contributed by atoms with van der Waals surface area (Å²) >= 11 is 0. The van der Waals surface area contributed by atoms with Gasteiger partial charge in [-0.05, 0) is 13.0 Å². The van der Waals surface area contributed by atoms with Crippen LogP contribution < -0.4 is 0 Å². The molecule has 0 N–H and O–H groups in total. The largest absolute Gasteiger partial charge is 0.207 e. The van der Waals surface area contributed by atoms with Crippen molar-refractivity contribution in [1.82, 2.24) is 10.2 Å². The number of hydrogen-bond donors (Lipinski definition) is 0. The third kappa shape index (κ3) is 1.24. The van der Waals surface area contributed by atoms with Crippen LogP contribution >= 0.6 is 0 Å². The van der Waals surface area contributed by atoms with Crippen molar-refractivity contribution in [3.63, 3.8) is 0 Å².